The van der Waals surface area contributed by atoms with E-state index < -0.39 is 5.60 Å². The number of nitrogens with one attached hydrogen (secondary N) is 1. The average molecular weight is 380 g/mol. The van der Waals surface area contributed by atoms with Crippen molar-refractivity contribution in [1.29, 1.82) is 0 Å². The summed E-state index contributed by atoms with van der Waals surface area (Å²) in [6, 6.07) is 4.24. The number of guanidine groups is 1. The van der Waals surface area contributed by atoms with E-state index in [0.29, 0.717) is 6.54 Å². The Labute approximate surface area is 164 Å². The summed E-state index contributed by atoms with van der Waals surface area (Å²) < 4.78 is 7.60. The molecule has 0 aliphatic rings. The van der Waals surface area contributed by atoms with Crippen LogP contribution in [0.1, 0.15) is 46.7 Å². The van der Waals surface area contributed by atoms with E-state index in [1.54, 1.807) is 11.9 Å². The van der Waals surface area contributed by atoms with Gasteiger partial charge in [0, 0.05) is 52.2 Å². The molecule has 1 aromatic heterocycles. The number of carbonyl (C=O) groups is 1. The molecule has 0 aliphatic carbocycles. The second-order valence-corrected chi connectivity index (χ2v) is 8.06. The quantitative estimate of drug-likeness (QED) is 0.449. The number of ether oxygens (including phenoxy) is 1. The first-order chi connectivity index (χ1) is 12.5. The minimum absolute atomic E-state index is 0.0965. The summed E-state index contributed by atoms with van der Waals surface area (Å²) in [6.07, 6.45) is 2.59. The van der Waals surface area contributed by atoms with Crippen LogP contribution in [0.25, 0.3) is 0 Å². The van der Waals surface area contributed by atoms with Crippen LogP contribution < -0.4 is 5.32 Å². The third kappa shape index (κ3) is 7.93. The minimum Gasteiger partial charge on any atom is -0.444 e. The Morgan fingerprint density at radius 1 is 1.37 bits per heavy atom. The minimum atomic E-state index is -0.482. The molecule has 0 spiro atoms. The number of hydrogen-bond donors (Lipinski definition) is 1. The molecule has 1 heterocycles. The van der Waals surface area contributed by atoms with Crippen LogP contribution in [0.15, 0.2) is 23.3 Å². The van der Waals surface area contributed by atoms with Gasteiger partial charge in [-0.2, -0.15) is 0 Å². The van der Waals surface area contributed by atoms with Gasteiger partial charge >= 0.3 is 6.09 Å². The predicted octanol–water partition coefficient (Wildman–Crippen LogP) is 3.07. The molecule has 0 saturated carbocycles. The summed E-state index contributed by atoms with van der Waals surface area (Å²) in [7, 11) is 5.84. The molecule has 7 heteroatoms. The van der Waals surface area contributed by atoms with Crippen LogP contribution in [0.3, 0.4) is 0 Å². The van der Waals surface area contributed by atoms with Crippen LogP contribution >= 0.6 is 0 Å². The number of aryl methyl sites for hydroxylation is 1. The number of aromatic nitrogens is 1. The number of rotatable bonds is 7. The normalized spacial score (nSPS) is 12.3. The van der Waals surface area contributed by atoms with Crippen LogP contribution in [0, 0.1) is 0 Å². The molecule has 0 atom stereocenters. The van der Waals surface area contributed by atoms with E-state index in [0.717, 1.165) is 25.5 Å². The van der Waals surface area contributed by atoms with Gasteiger partial charge < -0.3 is 24.4 Å². The second kappa shape index (κ2) is 10.2. The van der Waals surface area contributed by atoms with Crippen LogP contribution in [0.5, 0.6) is 0 Å². The predicted molar refractivity (Wildman–Crippen MR) is 111 cm³/mol. The van der Waals surface area contributed by atoms with Gasteiger partial charge in [-0.05, 0) is 53.2 Å². The molecule has 1 rings (SSSR count). The Hall–Kier alpha value is -2.18. The Morgan fingerprint density at radius 2 is 2.04 bits per heavy atom. The third-order valence-electron chi connectivity index (χ3n) is 4.13. The maximum Gasteiger partial charge on any atom is 0.410 e. The van der Waals surface area contributed by atoms with Crippen molar-refractivity contribution in [3.8, 4) is 0 Å². The van der Waals surface area contributed by atoms with Gasteiger partial charge in [-0.25, -0.2) is 4.79 Å². The number of carbonyl (C=O) groups excluding carboxylic acids is 1. The fraction of sp³-hybridized carbons (Fsp3) is 0.700. The van der Waals surface area contributed by atoms with Crippen LogP contribution in [0.2, 0.25) is 0 Å². The summed E-state index contributed by atoms with van der Waals surface area (Å²) in [5, 5.41) is 3.37. The number of aliphatic imine (C=N–C) groups is 1. The summed E-state index contributed by atoms with van der Waals surface area (Å²) >= 11 is 0. The average Bonchev–Trinajstić information content (AvgIpc) is 2.93. The summed E-state index contributed by atoms with van der Waals surface area (Å²) in [5.74, 6) is 0.838. The topological polar surface area (TPSA) is 62.1 Å². The molecule has 1 N–H and O–H groups in total. The number of hydrogen-bond acceptors (Lipinski definition) is 3. The van der Waals surface area contributed by atoms with E-state index in [4.69, 9.17) is 4.74 Å². The van der Waals surface area contributed by atoms with Crippen LogP contribution in [-0.4, -0.2) is 65.2 Å². The first-order valence-electron chi connectivity index (χ1n) is 9.56. The largest absolute Gasteiger partial charge is 0.444 e. The fourth-order valence-electron chi connectivity index (χ4n) is 2.69. The highest BCUT2D eigenvalue weighted by Gasteiger charge is 2.23. The zero-order valence-electron chi connectivity index (χ0n) is 18.2. The van der Waals surface area contributed by atoms with E-state index in [1.165, 1.54) is 5.69 Å². The lowest BCUT2D eigenvalue weighted by molar-refractivity contribution is 0.0190. The van der Waals surface area contributed by atoms with E-state index in [9.17, 15) is 4.79 Å². The second-order valence-electron chi connectivity index (χ2n) is 8.06. The molecule has 7 nitrogen and oxygen atoms in total. The van der Waals surface area contributed by atoms with Crippen LogP contribution in [0.4, 0.5) is 4.79 Å². The monoisotopic (exact) mass is 379 g/mol. The van der Waals surface area contributed by atoms with Crippen molar-refractivity contribution >= 4 is 12.1 Å². The van der Waals surface area contributed by atoms with Crippen molar-refractivity contribution in [3.05, 3.63) is 24.0 Å². The van der Waals surface area contributed by atoms with Gasteiger partial charge in [-0.15, -0.1) is 0 Å². The zero-order valence-corrected chi connectivity index (χ0v) is 18.2. The summed E-state index contributed by atoms with van der Waals surface area (Å²) in [6.45, 7) is 11.8. The SMILES string of the molecule is CN=C(NCCCN(C(=O)OC(C)(C)C)C(C)C)N(C)Cc1cccn1C. The molecule has 0 radical (unpaired) electrons. The lowest BCUT2D eigenvalue weighted by Gasteiger charge is -2.30. The summed E-state index contributed by atoms with van der Waals surface area (Å²) in [4.78, 5) is 20.6. The fourth-order valence-corrected chi connectivity index (χ4v) is 2.69. The maximum absolute atomic E-state index is 12.4. The van der Waals surface area contributed by atoms with Crippen molar-refractivity contribution in [2.45, 2.75) is 59.2 Å². The van der Waals surface area contributed by atoms with Crippen LogP contribution in [-0.2, 0) is 18.3 Å². The van der Waals surface area contributed by atoms with Crippen molar-refractivity contribution in [3.63, 3.8) is 0 Å². The highest BCUT2D eigenvalue weighted by Crippen LogP contribution is 2.12. The molecule has 0 saturated heterocycles. The lowest BCUT2D eigenvalue weighted by atomic mass is 10.2. The van der Waals surface area contributed by atoms with Gasteiger partial charge in [0.1, 0.15) is 5.60 Å². The molecule has 154 valence electrons. The van der Waals surface area contributed by atoms with E-state index in [1.807, 2.05) is 61.0 Å². The molecular weight excluding hydrogens is 342 g/mol. The first-order valence-corrected chi connectivity index (χ1v) is 9.56. The molecule has 0 unspecified atom stereocenters. The molecule has 0 aliphatic heterocycles. The first kappa shape index (κ1) is 22.9. The maximum atomic E-state index is 12.4. The molecule has 0 aromatic carbocycles. The van der Waals surface area contributed by atoms with E-state index in [2.05, 4.69) is 25.8 Å². The van der Waals surface area contributed by atoms with Gasteiger partial charge in [0.2, 0.25) is 0 Å². The summed E-state index contributed by atoms with van der Waals surface area (Å²) in [5.41, 5.74) is 0.737. The molecular formula is C20H37N5O2. The van der Waals surface area contributed by atoms with Crippen molar-refractivity contribution in [2.24, 2.45) is 12.0 Å². The van der Waals surface area contributed by atoms with E-state index >= 15 is 0 Å². The number of amides is 1. The standard InChI is InChI=1S/C20H37N5O2/c1-16(2)25(19(26)27-20(3,4)5)14-10-12-22-18(21-6)24(8)15-17-11-9-13-23(17)7/h9,11,13,16H,10,12,14-15H2,1-8H3,(H,21,22). The Bertz CT molecular complexity index is 616. The highest BCUT2D eigenvalue weighted by atomic mass is 16.6. The van der Waals surface area contributed by atoms with Gasteiger partial charge in [-0.1, -0.05) is 0 Å². The molecule has 1 amide bonds. The van der Waals surface area contributed by atoms with Crippen molar-refractivity contribution in [1.82, 2.24) is 19.7 Å². The van der Waals surface area contributed by atoms with Gasteiger partial charge in [-0.3, -0.25) is 4.99 Å². The van der Waals surface area contributed by atoms with Crippen molar-refractivity contribution in [2.75, 3.05) is 27.2 Å². The molecule has 0 bridgehead atoms. The Morgan fingerprint density at radius 3 is 2.52 bits per heavy atom. The molecule has 27 heavy (non-hydrogen) atoms. The smallest absolute Gasteiger partial charge is 0.410 e. The highest BCUT2D eigenvalue weighted by molar-refractivity contribution is 5.79. The van der Waals surface area contributed by atoms with Crippen molar-refractivity contribution < 1.29 is 9.53 Å². The lowest BCUT2D eigenvalue weighted by Crippen LogP contribution is -2.43. The van der Waals surface area contributed by atoms with Gasteiger partial charge in [0.25, 0.3) is 0 Å². The Balaban J connectivity index is 2.49. The molecule has 0 fully saturated rings. The number of nitrogens with zero attached hydrogens (tertiary/aromatic N) is 4. The molecule has 1 aromatic rings. The third-order valence-corrected chi connectivity index (χ3v) is 4.13. The Kier molecular flexibility index (Phi) is 8.66. The van der Waals surface area contributed by atoms with Gasteiger partial charge in [0.05, 0.1) is 6.54 Å². The van der Waals surface area contributed by atoms with Gasteiger partial charge in [0.15, 0.2) is 5.96 Å². The van der Waals surface area contributed by atoms with E-state index in [-0.39, 0.29) is 12.1 Å². The zero-order chi connectivity index (χ0) is 20.6.